The summed E-state index contributed by atoms with van der Waals surface area (Å²) in [4.78, 5) is 15.9. The number of methoxy groups -OCH3 is 1. The van der Waals surface area contributed by atoms with Gasteiger partial charge in [0.1, 0.15) is 0 Å². The molecule has 0 aliphatic carbocycles. The van der Waals surface area contributed by atoms with Crippen LogP contribution in [-0.4, -0.2) is 24.7 Å². The lowest BCUT2D eigenvalue weighted by atomic mass is 10.1. The number of benzene rings is 1. The van der Waals surface area contributed by atoms with E-state index >= 15 is 0 Å². The molecule has 5 heteroatoms. The fourth-order valence-electron chi connectivity index (χ4n) is 1.95. The first kappa shape index (κ1) is 14.8. The summed E-state index contributed by atoms with van der Waals surface area (Å²) in [6.45, 7) is 2.94. The number of esters is 1. The van der Waals surface area contributed by atoms with Crippen molar-refractivity contribution in [3.63, 3.8) is 0 Å². The fraction of sp³-hybridized carbons (Fsp3) is 0.250. The number of anilines is 1. The van der Waals surface area contributed by atoms with Crippen molar-refractivity contribution in [2.75, 3.05) is 19.0 Å². The van der Waals surface area contributed by atoms with E-state index in [2.05, 4.69) is 10.3 Å². The molecule has 2 rings (SSSR count). The monoisotopic (exact) mass is 286 g/mol. The molecule has 110 valence electrons. The Balaban J connectivity index is 2.15. The van der Waals surface area contributed by atoms with Crippen molar-refractivity contribution in [3.05, 3.63) is 53.7 Å². The van der Waals surface area contributed by atoms with Crippen LogP contribution < -0.4 is 10.1 Å². The van der Waals surface area contributed by atoms with Crippen LogP contribution in [0.15, 0.2) is 42.6 Å². The van der Waals surface area contributed by atoms with Gasteiger partial charge in [0.25, 0.3) is 0 Å². The Hall–Kier alpha value is -2.56. The van der Waals surface area contributed by atoms with Gasteiger partial charge in [-0.3, -0.25) is 0 Å². The molecule has 0 radical (unpaired) electrons. The molecule has 2 aromatic rings. The van der Waals surface area contributed by atoms with Gasteiger partial charge in [-0.05, 0) is 30.7 Å². The molecule has 0 fully saturated rings. The van der Waals surface area contributed by atoms with Gasteiger partial charge in [-0.15, -0.1) is 0 Å². The van der Waals surface area contributed by atoms with Gasteiger partial charge in [0.15, 0.2) is 0 Å². The predicted octanol–water partition coefficient (Wildman–Crippen LogP) is 2.88. The van der Waals surface area contributed by atoms with Crippen molar-refractivity contribution in [1.82, 2.24) is 4.98 Å². The van der Waals surface area contributed by atoms with Crippen LogP contribution in [0.2, 0.25) is 0 Å². The smallest absolute Gasteiger partial charge is 0.338 e. The largest absolute Gasteiger partial charge is 0.476 e. The standard InChI is InChI=1S/C16H18N2O3/c1-3-21-15-14(9-6-10-17-15)18-11-12-7-4-5-8-13(12)16(19)20-2/h4-10,18H,3,11H2,1-2H3. The van der Waals surface area contributed by atoms with E-state index in [0.29, 0.717) is 24.6 Å². The summed E-state index contributed by atoms with van der Waals surface area (Å²) < 4.78 is 10.2. The van der Waals surface area contributed by atoms with Gasteiger partial charge in [-0.2, -0.15) is 0 Å². The highest BCUT2D eigenvalue weighted by Crippen LogP contribution is 2.22. The zero-order chi connectivity index (χ0) is 15.1. The molecule has 0 saturated carbocycles. The summed E-state index contributed by atoms with van der Waals surface area (Å²) in [6, 6.07) is 11.0. The molecule has 0 amide bonds. The molecule has 0 unspecified atom stereocenters. The van der Waals surface area contributed by atoms with Crippen molar-refractivity contribution in [2.45, 2.75) is 13.5 Å². The van der Waals surface area contributed by atoms with Crippen LogP contribution in [0.25, 0.3) is 0 Å². The number of carbonyl (C=O) groups is 1. The number of nitrogens with zero attached hydrogens (tertiary/aromatic N) is 1. The second-order valence-corrected chi connectivity index (χ2v) is 4.29. The zero-order valence-electron chi connectivity index (χ0n) is 12.1. The molecule has 1 aromatic carbocycles. The van der Waals surface area contributed by atoms with E-state index in [1.165, 1.54) is 7.11 Å². The number of carbonyl (C=O) groups excluding carboxylic acids is 1. The SMILES string of the molecule is CCOc1ncccc1NCc1ccccc1C(=O)OC. The molecular weight excluding hydrogens is 268 g/mol. The van der Waals surface area contributed by atoms with E-state index in [9.17, 15) is 4.79 Å². The molecule has 1 N–H and O–H groups in total. The van der Waals surface area contributed by atoms with E-state index in [0.717, 1.165) is 11.3 Å². The topological polar surface area (TPSA) is 60.5 Å². The van der Waals surface area contributed by atoms with E-state index in [-0.39, 0.29) is 5.97 Å². The van der Waals surface area contributed by atoms with E-state index in [4.69, 9.17) is 9.47 Å². The molecule has 1 heterocycles. The molecule has 0 aliphatic heterocycles. The summed E-state index contributed by atoms with van der Waals surface area (Å²) in [5.74, 6) is 0.208. The van der Waals surface area contributed by atoms with E-state index < -0.39 is 0 Å². The minimum Gasteiger partial charge on any atom is -0.476 e. The maximum atomic E-state index is 11.7. The first-order valence-corrected chi connectivity index (χ1v) is 6.74. The molecule has 0 spiro atoms. The molecule has 0 saturated heterocycles. The number of hydrogen-bond donors (Lipinski definition) is 1. The number of pyridine rings is 1. The number of ether oxygens (including phenoxy) is 2. The molecule has 0 aliphatic rings. The molecule has 1 aromatic heterocycles. The van der Waals surface area contributed by atoms with Gasteiger partial charge in [0.05, 0.1) is 25.0 Å². The molecule has 5 nitrogen and oxygen atoms in total. The average molecular weight is 286 g/mol. The van der Waals surface area contributed by atoms with Gasteiger partial charge in [-0.25, -0.2) is 9.78 Å². The number of aromatic nitrogens is 1. The quantitative estimate of drug-likeness (QED) is 0.827. The zero-order valence-corrected chi connectivity index (χ0v) is 12.1. The van der Waals surface area contributed by atoms with Crippen LogP contribution in [0.4, 0.5) is 5.69 Å². The minimum atomic E-state index is -0.344. The fourth-order valence-corrected chi connectivity index (χ4v) is 1.95. The second-order valence-electron chi connectivity index (χ2n) is 4.29. The summed E-state index contributed by atoms with van der Waals surface area (Å²) in [5.41, 5.74) is 2.20. The lowest BCUT2D eigenvalue weighted by Crippen LogP contribution is -2.10. The summed E-state index contributed by atoms with van der Waals surface area (Å²) >= 11 is 0. The third-order valence-electron chi connectivity index (χ3n) is 2.94. The van der Waals surface area contributed by atoms with Gasteiger partial charge in [0.2, 0.25) is 5.88 Å². The number of rotatable bonds is 6. The minimum absolute atomic E-state index is 0.344. The van der Waals surface area contributed by atoms with Crippen molar-refractivity contribution < 1.29 is 14.3 Å². The second kappa shape index (κ2) is 7.28. The van der Waals surface area contributed by atoms with Gasteiger partial charge >= 0.3 is 5.97 Å². The Bertz CT molecular complexity index is 614. The number of nitrogens with one attached hydrogen (secondary N) is 1. The van der Waals surface area contributed by atoms with Crippen LogP contribution in [0, 0.1) is 0 Å². The van der Waals surface area contributed by atoms with Crippen LogP contribution in [0.5, 0.6) is 5.88 Å². The summed E-state index contributed by atoms with van der Waals surface area (Å²) in [6.07, 6.45) is 1.68. The Morgan fingerprint density at radius 1 is 1.24 bits per heavy atom. The van der Waals surface area contributed by atoms with Crippen molar-refractivity contribution in [3.8, 4) is 5.88 Å². The highest BCUT2D eigenvalue weighted by atomic mass is 16.5. The van der Waals surface area contributed by atoms with E-state index in [1.54, 1.807) is 12.3 Å². The lowest BCUT2D eigenvalue weighted by molar-refractivity contribution is 0.0599. The molecular formula is C16H18N2O3. The Morgan fingerprint density at radius 2 is 2.05 bits per heavy atom. The van der Waals surface area contributed by atoms with Crippen LogP contribution >= 0.6 is 0 Å². The van der Waals surface area contributed by atoms with Gasteiger partial charge in [-0.1, -0.05) is 18.2 Å². The third-order valence-corrected chi connectivity index (χ3v) is 2.94. The van der Waals surface area contributed by atoms with Gasteiger partial charge < -0.3 is 14.8 Å². The molecule has 0 atom stereocenters. The van der Waals surface area contributed by atoms with Crippen LogP contribution in [0.1, 0.15) is 22.8 Å². The van der Waals surface area contributed by atoms with Gasteiger partial charge in [0, 0.05) is 12.7 Å². The molecule has 0 bridgehead atoms. The first-order valence-electron chi connectivity index (χ1n) is 6.74. The highest BCUT2D eigenvalue weighted by molar-refractivity contribution is 5.91. The Labute approximate surface area is 123 Å². The Kier molecular flexibility index (Phi) is 5.15. The average Bonchev–Trinajstić information content (AvgIpc) is 2.54. The van der Waals surface area contributed by atoms with Crippen molar-refractivity contribution >= 4 is 11.7 Å². The predicted molar refractivity (Wildman–Crippen MR) is 80.5 cm³/mol. The Morgan fingerprint density at radius 3 is 2.81 bits per heavy atom. The van der Waals surface area contributed by atoms with E-state index in [1.807, 2.05) is 37.3 Å². The maximum Gasteiger partial charge on any atom is 0.338 e. The van der Waals surface area contributed by atoms with Crippen molar-refractivity contribution in [1.29, 1.82) is 0 Å². The lowest BCUT2D eigenvalue weighted by Gasteiger charge is -2.12. The summed E-state index contributed by atoms with van der Waals surface area (Å²) in [5, 5.41) is 3.24. The maximum absolute atomic E-state index is 11.7. The molecule has 21 heavy (non-hydrogen) atoms. The van der Waals surface area contributed by atoms with Crippen LogP contribution in [0.3, 0.4) is 0 Å². The number of hydrogen-bond acceptors (Lipinski definition) is 5. The van der Waals surface area contributed by atoms with Crippen molar-refractivity contribution in [2.24, 2.45) is 0 Å². The normalized spacial score (nSPS) is 10.0. The highest BCUT2D eigenvalue weighted by Gasteiger charge is 2.11. The summed E-state index contributed by atoms with van der Waals surface area (Å²) in [7, 11) is 1.38. The first-order chi connectivity index (χ1) is 10.3. The van der Waals surface area contributed by atoms with Crippen LogP contribution in [-0.2, 0) is 11.3 Å². The third kappa shape index (κ3) is 3.72.